The van der Waals surface area contributed by atoms with Crippen LogP contribution in [-0.2, 0) is 19.6 Å². The molecule has 0 radical (unpaired) electrons. The van der Waals surface area contributed by atoms with Crippen LogP contribution in [0.5, 0.6) is 5.75 Å². The smallest absolute Gasteiger partial charge is 0.335 e. The first-order valence-electron chi connectivity index (χ1n) is 5.35. The highest BCUT2D eigenvalue weighted by atomic mass is 32.2. The maximum atomic E-state index is 11.8. The summed E-state index contributed by atoms with van der Waals surface area (Å²) in [5, 5.41) is 16.8. The number of carbonyl (C=O) groups excluding carboxylic acids is 1. The number of rotatable bonds is 5. The molecule has 3 N–H and O–H groups in total. The highest BCUT2D eigenvalue weighted by Gasteiger charge is 2.29. The van der Waals surface area contributed by atoms with E-state index in [0.717, 1.165) is 32.2 Å². The average Bonchev–Trinajstić information content (AvgIpc) is 2.38. The van der Waals surface area contributed by atoms with E-state index in [1.165, 1.54) is 0 Å². The predicted molar refractivity (Wildman–Crippen MR) is 69.1 cm³/mol. The minimum atomic E-state index is -4.11. The van der Waals surface area contributed by atoms with Crippen LogP contribution in [0.25, 0.3) is 0 Å². The number of phenols is 1. The van der Waals surface area contributed by atoms with Gasteiger partial charge in [-0.2, -0.15) is 0 Å². The molecular formula is C11H13NO7S. The van der Waals surface area contributed by atoms with Gasteiger partial charge in [0, 0.05) is 0 Å². The van der Waals surface area contributed by atoms with Crippen LogP contribution in [0.15, 0.2) is 18.2 Å². The highest BCUT2D eigenvalue weighted by molar-refractivity contribution is 7.94. The van der Waals surface area contributed by atoms with Crippen LogP contribution in [-0.4, -0.2) is 42.9 Å². The largest absolute Gasteiger partial charge is 0.506 e. The number of hydrogen-bond acceptors (Lipinski definition) is 6. The molecule has 0 aliphatic carbocycles. The Balaban J connectivity index is 3.04. The molecule has 1 atom stereocenters. The molecule has 1 aromatic rings. The first kappa shape index (κ1) is 15.8. The summed E-state index contributed by atoms with van der Waals surface area (Å²) in [6.45, 7) is 1.12. The first-order chi connectivity index (χ1) is 9.19. The van der Waals surface area contributed by atoms with Crippen molar-refractivity contribution >= 4 is 27.6 Å². The minimum absolute atomic E-state index is 0.202. The molecule has 0 aliphatic heterocycles. The minimum Gasteiger partial charge on any atom is -0.506 e. The zero-order valence-electron chi connectivity index (χ0n) is 10.7. The summed E-state index contributed by atoms with van der Waals surface area (Å²) < 4.78 is 30.0. The second-order valence-electron chi connectivity index (χ2n) is 3.85. The van der Waals surface area contributed by atoms with E-state index in [1.807, 2.05) is 4.72 Å². The van der Waals surface area contributed by atoms with Gasteiger partial charge in [-0.1, -0.05) is 0 Å². The Kier molecular flexibility index (Phi) is 4.56. The van der Waals surface area contributed by atoms with Gasteiger partial charge in [0.05, 0.1) is 18.4 Å². The van der Waals surface area contributed by atoms with Crippen molar-refractivity contribution in [3.63, 3.8) is 0 Å². The number of sulfonamides is 1. The summed E-state index contributed by atoms with van der Waals surface area (Å²) in [7, 11) is -3.06. The van der Waals surface area contributed by atoms with Crippen molar-refractivity contribution in [3.05, 3.63) is 23.8 Å². The Labute approximate surface area is 115 Å². The lowest BCUT2D eigenvalue weighted by molar-refractivity contribution is -0.139. The Morgan fingerprint density at radius 1 is 1.35 bits per heavy atom. The number of phenolic OH excluding ortho intramolecular Hbond substituents is 1. The van der Waals surface area contributed by atoms with Gasteiger partial charge >= 0.3 is 11.9 Å². The molecule has 0 saturated heterocycles. The van der Waals surface area contributed by atoms with Crippen molar-refractivity contribution in [1.82, 2.24) is 0 Å². The molecule has 1 unspecified atom stereocenters. The van der Waals surface area contributed by atoms with Crippen molar-refractivity contribution in [2.45, 2.75) is 12.2 Å². The van der Waals surface area contributed by atoms with E-state index in [4.69, 9.17) is 5.11 Å². The highest BCUT2D eigenvalue weighted by Crippen LogP contribution is 2.26. The summed E-state index contributed by atoms with van der Waals surface area (Å²) in [6, 6.07) is 3.09. The van der Waals surface area contributed by atoms with Crippen molar-refractivity contribution in [2.24, 2.45) is 0 Å². The molecule has 0 aliphatic rings. The second-order valence-corrected chi connectivity index (χ2v) is 5.85. The summed E-state index contributed by atoms with van der Waals surface area (Å²) in [5.74, 6) is -2.79. The predicted octanol–water partition coefficient (Wildman–Crippen LogP) is 0.394. The van der Waals surface area contributed by atoms with Crippen molar-refractivity contribution in [2.75, 3.05) is 11.8 Å². The summed E-state index contributed by atoms with van der Waals surface area (Å²) in [4.78, 5) is 21.9. The number of aromatic carboxylic acids is 1. The lowest BCUT2D eigenvalue weighted by Gasteiger charge is -2.14. The Hall–Kier alpha value is -2.29. The molecule has 8 nitrogen and oxygen atoms in total. The number of anilines is 1. The van der Waals surface area contributed by atoms with Crippen LogP contribution in [0.4, 0.5) is 5.69 Å². The molecule has 20 heavy (non-hydrogen) atoms. The fourth-order valence-corrected chi connectivity index (χ4v) is 2.29. The van der Waals surface area contributed by atoms with Gasteiger partial charge in [-0.3, -0.25) is 9.52 Å². The standard InChI is InChI=1S/C11H13NO7S/c1-6(11(16)19-2)20(17,18)12-8-4-3-7(10(14)15)5-9(8)13/h3-6,12-13H,1-2H3,(H,14,15). The monoisotopic (exact) mass is 303 g/mol. The lowest BCUT2D eigenvalue weighted by Crippen LogP contribution is -2.33. The van der Waals surface area contributed by atoms with Crippen molar-refractivity contribution in [1.29, 1.82) is 0 Å². The number of esters is 1. The number of ether oxygens (including phenoxy) is 1. The molecule has 1 aromatic carbocycles. The molecule has 0 saturated carbocycles. The number of hydrogen-bond donors (Lipinski definition) is 3. The first-order valence-corrected chi connectivity index (χ1v) is 6.89. The average molecular weight is 303 g/mol. The van der Waals surface area contributed by atoms with Crippen LogP contribution in [0.1, 0.15) is 17.3 Å². The van der Waals surface area contributed by atoms with Gasteiger partial charge in [-0.05, 0) is 25.1 Å². The van der Waals surface area contributed by atoms with E-state index in [9.17, 15) is 23.1 Å². The Morgan fingerprint density at radius 3 is 2.40 bits per heavy atom. The molecule has 1 rings (SSSR count). The zero-order valence-corrected chi connectivity index (χ0v) is 11.5. The number of aromatic hydroxyl groups is 1. The SMILES string of the molecule is COC(=O)C(C)S(=O)(=O)Nc1ccc(C(=O)O)cc1O. The lowest BCUT2D eigenvalue weighted by atomic mass is 10.2. The number of benzene rings is 1. The number of carboxylic acids is 1. The molecule has 9 heteroatoms. The molecular weight excluding hydrogens is 290 g/mol. The molecule has 0 spiro atoms. The fourth-order valence-electron chi connectivity index (χ4n) is 1.29. The summed E-state index contributed by atoms with van der Waals surface area (Å²) in [6.07, 6.45) is 0. The van der Waals surface area contributed by atoms with Gasteiger partial charge in [0.1, 0.15) is 5.75 Å². The van der Waals surface area contributed by atoms with E-state index in [0.29, 0.717) is 0 Å². The van der Waals surface area contributed by atoms with Crippen LogP contribution in [0.3, 0.4) is 0 Å². The third-order valence-electron chi connectivity index (χ3n) is 2.50. The van der Waals surface area contributed by atoms with Gasteiger partial charge in [0.15, 0.2) is 5.25 Å². The van der Waals surface area contributed by atoms with E-state index < -0.39 is 33.0 Å². The zero-order chi connectivity index (χ0) is 15.5. The van der Waals surface area contributed by atoms with Gasteiger partial charge in [0.25, 0.3) is 0 Å². The van der Waals surface area contributed by atoms with Crippen LogP contribution in [0.2, 0.25) is 0 Å². The normalized spacial score (nSPS) is 12.5. The second kappa shape index (κ2) is 5.78. The van der Waals surface area contributed by atoms with E-state index in [-0.39, 0.29) is 11.3 Å². The van der Waals surface area contributed by atoms with Crippen LogP contribution in [0, 0.1) is 0 Å². The maximum Gasteiger partial charge on any atom is 0.335 e. The number of methoxy groups -OCH3 is 1. The topological polar surface area (TPSA) is 130 Å². The van der Waals surface area contributed by atoms with Crippen LogP contribution < -0.4 is 4.72 Å². The van der Waals surface area contributed by atoms with Gasteiger partial charge in [0.2, 0.25) is 10.0 Å². The molecule has 0 aromatic heterocycles. The fraction of sp³-hybridized carbons (Fsp3) is 0.273. The van der Waals surface area contributed by atoms with Gasteiger partial charge < -0.3 is 14.9 Å². The molecule has 0 fully saturated rings. The van der Waals surface area contributed by atoms with Crippen molar-refractivity contribution in [3.8, 4) is 5.75 Å². The van der Waals surface area contributed by atoms with Crippen molar-refractivity contribution < 1.29 is 33.0 Å². The maximum absolute atomic E-state index is 11.8. The molecule has 0 amide bonds. The summed E-state index contributed by atoms with van der Waals surface area (Å²) in [5.41, 5.74) is -0.433. The van der Waals surface area contributed by atoms with Crippen LogP contribution >= 0.6 is 0 Å². The van der Waals surface area contributed by atoms with E-state index in [2.05, 4.69) is 4.74 Å². The third-order valence-corrected chi connectivity index (χ3v) is 4.12. The Bertz CT molecular complexity index is 638. The number of nitrogens with one attached hydrogen (secondary N) is 1. The van der Waals surface area contributed by atoms with Gasteiger partial charge in [-0.15, -0.1) is 0 Å². The van der Waals surface area contributed by atoms with E-state index >= 15 is 0 Å². The van der Waals surface area contributed by atoms with Gasteiger partial charge in [-0.25, -0.2) is 13.2 Å². The number of carboxylic acid groups (broad SMARTS) is 1. The number of carbonyl (C=O) groups is 2. The Morgan fingerprint density at radius 2 is 1.95 bits per heavy atom. The quantitative estimate of drug-likeness (QED) is 0.530. The third kappa shape index (κ3) is 3.38. The molecule has 110 valence electrons. The van der Waals surface area contributed by atoms with E-state index in [1.54, 1.807) is 0 Å². The summed E-state index contributed by atoms with van der Waals surface area (Å²) >= 11 is 0. The molecule has 0 heterocycles. The molecule has 0 bridgehead atoms.